The van der Waals surface area contributed by atoms with Crippen molar-refractivity contribution in [1.29, 1.82) is 0 Å². The zero-order valence-corrected chi connectivity index (χ0v) is 10.1. The largest absolute Gasteiger partial charge is 0.386 e. The summed E-state index contributed by atoms with van der Waals surface area (Å²) in [6, 6.07) is 5.65. The minimum absolute atomic E-state index is 0.00280. The summed E-state index contributed by atoms with van der Waals surface area (Å²) in [5, 5.41) is 13.0. The smallest absolute Gasteiger partial charge is 0.234 e. The summed E-state index contributed by atoms with van der Waals surface area (Å²) in [6.07, 6.45) is 1.07. The number of nitrogens with two attached hydrogens (primary N) is 1. The van der Waals surface area contributed by atoms with Gasteiger partial charge in [-0.05, 0) is 30.5 Å². The van der Waals surface area contributed by atoms with Crippen molar-refractivity contribution in [2.75, 3.05) is 11.1 Å². The lowest BCUT2D eigenvalue weighted by molar-refractivity contribution is -0.113. The van der Waals surface area contributed by atoms with E-state index in [-0.39, 0.29) is 5.91 Å². The predicted octanol–water partition coefficient (Wildman–Crippen LogP) is 1.26. The molecule has 0 bridgehead atoms. The molecule has 1 amide bonds. The number of carbonyl (C=O) groups is 1. The van der Waals surface area contributed by atoms with Gasteiger partial charge in [0, 0.05) is 10.4 Å². The maximum absolute atomic E-state index is 11.3. The van der Waals surface area contributed by atoms with E-state index in [9.17, 15) is 9.90 Å². The number of aliphatic hydroxyl groups is 1. The van der Waals surface area contributed by atoms with E-state index in [0.717, 1.165) is 29.0 Å². The molecular formula is C12H14N2O2S. The van der Waals surface area contributed by atoms with E-state index in [1.165, 1.54) is 11.8 Å². The Balaban J connectivity index is 1.92. The molecule has 0 aromatic heterocycles. The van der Waals surface area contributed by atoms with Gasteiger partial charge in [0.05, 0.1) is 17.5 Å². The van der Waals surface area contributed by atoms with Crippen molar-refractivity contribution >= 4 is 23.4 Å². The monoisotopic (exact) mass is 250 g/mol. The number of fused-ring (bicyclic) bond motifs is 1. The molecule has 3 rings (SSSR count). The Kier molecular flexibility index (Phi) is 2.43. The average Bonchev–Trinajstić information content (AvgIpc) is 3.06. The standard InChI is InChI=1S/C12H14N2O2S/c13-12(3-4-12)11(16)7-1-2-9-8(5-7)14-10(15)6-17-9/h1-2,5,11,16H,3-4,6,13H2,(H,14,15). The van der Waals surface area contributed by atoms with Crippen LogP contribution >= 0.6 is 11.8 Å². The number of thioether (sulfide) groups is 1. The van der Waals surface area contributed by atoms with Crippen LogP contribution in [0.2, 0.25) is 0 Å². The summed E-state index contributed by atoms with van der Waals surface area (Å²) >= 11 is 1.52. The van der Waals surface area contributed by atoms with Gasteiger partial charge in [-0.3, -0.25) is 4.79 Å². The third kappa shape index (κ3) is 1.94. The van der Waals surface area contributed by atoms with Crippen LogP contribution in [-0.2, 0) is 4.79 Å². The summed E-state index contributed by atoms with van der Waals surface area (Å²) in [7, 11) is 0. The van der Waals surface area contributed by atoms with E-state index in [1.54, 1.807) is 0 Å². The Bertz CT molecular complexity index is 485. The van der Waals surface area contributed by atoms with E-state index in [1.807, 2.05) is 18.2 Å². The number of rotatable bonds is 2. The second-order valence-electron chi connectivity index (χ2n) is 4.73. The highest BCUT2D eigenvalue weighted by atomic mass is 32.2. The van der Waals surface area contributed by atoms with Gasteiger partial charge in [0.15, 0.2) is 0 Å². The van der Waals surface area contributed by atoms with Gasteiger partial charge in [-0.15, -0.1) is 11.8 Å². The average molecular weight is 250 g/mol. The highest BCUT2D eigenvalue weighted by molar-refractivity contribution is 8.00. The van der Waals surface area contributed by atoms with Gasteiger partial charge in [0.2, 0.25) is 5.91 Å². The van der Waals surface area contributed by atoms with Gasteiger partial charge in [-0.1, -0.05) is 6.07 Å². The zero-order chi connectivity index (χ0) is 12.0. The Labute approximate surface area is 104 Å². The summed E-state index contributed by atoms with van der Waals surface area (Å²) in [5.41, 5.74) is 7.09. The van der Waals surface area contributed by atoms with Crippen molar-refractivity contribution < 1.29 is 9.90 Å². The number of amides is 1. The van der Waals surface area contributed by atoms with Gasteiger partial charge in [0.1, 0.15) is 0 Å². The van der Waals surface area contributed by atoms with E-state index in [4.69, 9.17) is 5.73 Å². The molecule has 1 aliphatic heterocycles. The molecule has 1 heterocycles. The minimum Gasteiger partial charge on any atom is -0.386 e. The normalized spacial score (nSPS) is 22.6. The van der Waals surface area contributed by atoms with E-state index in [0.29, 0.717) is 5.75 Å². The topological polar surface area (TPSA) is 75.3 Å². The van der Waals surface area contributed by atoms with Crippen molar-refractivity contribution in [3.63, 3.8) is 0 Å². The van der Waals surface area contributed by atoms with E-state index < -0.39 is 11.6 Å². The van der Waals surface area contributed by atoms with Gasteiger partial charge in [0.25, 0.3) is 0 Å². The van der Waals surface area contributed by atoms with Gasteiger partial charge >= 0.3 is 0 Å². The highest BCUT2D eigenvalue weighted by Crippen LogP contribution is 2.44. The third-order valence-corrected chi connectivity index (χ3v) is 4.40. The molecule has 1 saturated carbocycles. The molecule has 4 N–H and O–H groups in total. The van der Waals surface area contributed by atoms with Gasteiger partial charge in [-0.2, -0.15) is 0 Å². The van der Waals surface area contributed by atoms with Gasteiger partial charge < -0.3 is 16.2 Å². The fraction of sp³-hybridized carbons (Fsp3) is 0.417. The molecule has 2 aliphatic rings. The number of benzene rings is 1. The molecule has 1 fully saturated rings. The second kappa shape index (κ2) is 3.73. The molecule has 1 atom stereocenters. The summed E-state index contributed by atoms with van der Waals surface area (Å²) in [5.74, 6) is 0.457. The van der Waals surface area contributed by atoms with Crippen molar-refractivity contribution in [3.05, 3.63) is 23.8 Å². The first-order valence-corrected chi connectivity index (χ1v) is 6.61. The number of anilines is 1. The molecule has 4 nitrogen and oxygen atoms in total. The quantitative estimate of drug-likeness (QED) is 0.738. The molecule has 1 aromatic rings. The van der Waals surface area contributed by atoms with Crippen LogP contribution in [0, 0.1) is 0 Å². The lowest BCUT2D eigenvalue weighted by Crippen LogP contribution is -2.30. The predicted molar refractivity (Wildman–Crippen MR) is 66.9 cm³/mol. The van der Waals surface area contributed by atoms with Crippen molar-refractivity contribution in [1.82, 2.24) is 0 Å². The van der Waals surface area contributed by atoms with Crippen LogP contribution in [0.1, 0.15) is 24.5 Å². The van der Waals surface area contributed by atoms with Gasteiger partial charge in [-0.25, -0.2) is 0 Å². The first kappa shape index (κ1) is 11.1. The fourth-order valence-electron chi connectivity index (χ4n) is 2.02. The molecule has 90 valence electrons. The summed E-state index contributed by atoms with van der Waals surface area (Å²) < 4.78 is 0. The highest BCUT2D eigenvalue weighted by Gasteiger charge is 2.45. The lowest BCUT2D eigenvalue weighted by Gasteiger charge is -2.21. The summed E-state index contributed by atoms with van der Waals surface area (Å²) in [6.45, 7) is 0. The first-order valence-electron chi connectivity index (χ1n) is 5.62. The molecule has 17 heavy (non-hydrogen) atoms. The second-order valence-corrected chi connectivity index (χ2v) is 5.75. The van der Waals surface area contributed by atoms with Crippen molar-refractivity contribution in [2.45, 2.75) is 29.4 Å². The Morgan fingerprint density at radius 3 is 2.94 bits per heavy atom. The number of nitrogens with one attached hydrogen (secondary N) is 1. The van der Waals surface area contributed by atoms with Crippen molar-refractivity contribution in [2.24, 2.45) is 5.73 Å². The maximum atomic E-state index is 11.3. The van der Waals surface area contributed by atoms with E-state index in [2.05, 4.69) is 5.32 Å². The van der Waals surface area contributed by atoms with Crippen molar-refractivity contribution in [3.8, 4) is 0 Å². The molecule has 0 radical (unpaired) electrons. The Morgan fingerprint density at radius 1 is 1.47 bits per heavy atom. The SMILES string of the molecule is NC1(C(O)c2ccc3c(c2)NC(=O)CS3)CC1. The first-order chi connectivity index (χ1) is 8.08. The minimum atomic E-state index is -0.642. The van der Waals surface area contributed by atoms with Crippen LogP contribution < -0.4 is 11.1 Å². The van der Waals surface area contributed by atoms with Crippen LogP contribution in [0.5, 0.6) is 0 Å². The third-order valence-electron chi connectivity index (χ3n) is 3.32. The van der Waals surface area contributed by atoms with Crippen LogP contribution in [0.3, 0.4) is 0 Å². The molecule has 5 heteroatoms. The molecule has 0 spiro atoms. The molecule has 1 unspecified atom stereocenters. The van der Waals surface area contributed by atoms with Crippen LogP contribution in [0.4, 0.5) is 5.69 Å². The molecule has 1 aromatic carbocycles. The zero-order valence-electron chi connectivity index (χ0n) is 9.27. The van der Waals surface area contributed by atoms with Crippen LogP contribution in [-0.4, -0.2) is 22.3 Å². The Hall–Kier alpha value is -1.04. The maximum Gasteiger partial charge on any atom is 0.234 e. The molecular weight excluding hydrogens is 236 g/mol. The number of hydrogen-bond donors (Lipinski definition) is 3. The fourth-order valence-corrected chi connectivity index (χ4v) is 2.81. The number of hydrogen-bond acceptors (Lipinski definition) is 4. The molecule has 0 saturated heterocycles. The number of aliphatic hydroxyl groups excluding tert-OH is 1. The van der Waals surface area contributed by atoms with E-state index >= 15 is 0 Å². The molecule has 1 aliphatic carbocycles. The number of carbonyl (C=O) groups excluding carboxylic acids is 1. The summed E-state index contributed by atoms with van der Waals surface area (Å²) in [4.78, 5) is 12.3. The Morgan fingerprint density at radius 2 is 2.24 bits per heavy atom. The van der Waals surface area contributed by atoms with Crippen LogP contribution in [0.15, 0.2) is 23.1 Å². The van der Waals surface area contributed by atoms with Crippen LogP contribution in [0.25, 0.3) is 0 Å². The lowest BCUT2D eigenvalue weighted by atomic mass is 10.0.